The van der Waals surface area contributed by atoms with Crippen LogP contribution in [0.25, 0.3) is 22.3 Å². The van der Waals surface area contributed by atoms with Crippen LogP contribution in [-0.2, 0) is 0 Å². The van der Waals surface area contributed by atoms with Gasteiger partial charge in [0.05, 0.1) is 5.39 Å². The molecular formula is C16H16N2O2. The summed E-state index contributed by atoms with van der Waals surface area (Å²) in [5.74, 6) is 0.463. The average molecular weight is 268 g/mol. The summed E-state index contributed by atoms with van der Waals surface area (Å²) in [5, 5.41) is 10.1. The molecule has 0 atom stereocenters. The Bertz CT molecular complexity index is 764. The van der Waals surface area contributed by atoms with E-state index >= 15 is 0 Å². The maximum atomic E-state index is 11.9. The van der Waals surface area contributed by atoms with E-state index in [9.17, 15) is 9.90 Å². The first-order valence-corrected chi connectivity index (χ1v) is 6.53. The van der Waals surface area contributed by atoms with Crippen molar-refractivity contribution in [2.75, 3.05) is 0 Å². The van der Waals surface area contributed by atoms with Crippen LogP contribution in [0.1, 0.15) is 13.8 Å². The van der Waals surface area contributed by atoms with Crippen LogP contribution in [0.5, 0.6) is 5.75 Å². The van der Waals surface area contributed by atoms with Crippen LogP contribution in [-0.4, -0.2) is 15.1 Å². The molecule has 2 N–H and O–H groups in total. The number of phenols is 1. The second-order valence-corrected chi connectivity index (χ2v) is 3.95. The highest BCUT2D eigenvalue weighted by Crippen LogP contribution is 2.22. The number of aromatic hydroxyl groups is 1. The summed E-state index contributed by atoms with van der Waals surface area (Å²) in [6.07, 6.45) is 0. The zero-order chi connectivity index (χ0) is 14.5. The van der Waals surface area contributed by atoms with Gasteiger partial charge in [-0.05, 0) is 12.1 Å². The first kappa shape index (κ1) is 13.8. The van der Waals surface area contributed by atoms with Gasteiger partial charge in [0, 0.05) is 5.56 Å². The summed E-state index contributed by atoms with van der Waals surface area (Å²) >= 11 is 0. The van der Waals surface area contributed by atoms with E-state index in [4.69, 9.17) is 0 Å². The predicted octanol–water partition coefficient (Wildman–Crippen LogP) is 3.32. The van der Waals surface area contributed by atoms with E-state index in [1.807, 2.05) is 44.2 Å². The van der Waals surface area contributed by atoms with E-state index in [-0.39, 0.29) is 11.3 Å². The van der Waals surface area contributed by atoms with Crippen LogP contribution >= 0.6 is 0 Å². The molecule has 4 nitrogen and oxygen atoms in total. The molecule has 0 aliphatic rings. The minimum absolute atomic E-state index is 0.00998. The van der Waals surface area contributed by atoms with Crippen molar-refractivity contribution in [3.05, 3.63) is 58.9 Å². The molecular weight excluding hydrogens is 252 g/mol. The maximum Gasteiger partial charge on any atom is 0.259 e. The fourth-order valence-corrected chi connectivity index (χ4v) is 1.88. The van der Waals surface area contributed by atoms with E-state index in [2.05, 4.69) is 9.97 Å². The second-order valence-electron chi connectivity index (χ2n) is 3.95. The molecule has 0 aliphatic heterocycles. The Morgan fingerprint density at radius 1 is 1.00 bits per heavy atom. The average Bonchev–Trinajstić information content (AvgIpc) is 2.51. The first-order chi connectivity index (χ1) is 9.75. The molecule has 0 saturated heterocycles. The zero-order valence-corrected chi connectivity index (χ0v) is 11.4. The number of nitrogens with zero attached hydrogens (tertiary/aromatic N) is 1. The lowest BCUT2D eigenvalue weighted by Gasteiger charge is -2.04. The van der Waals surface area contributed by atoms with Gasteiger partial charge >= 0.3 is 0 Å². The van der Waals surface area contributed by atoms with Gasteiger partial charge in [-0.3, -0.25) is 4.79 Å². The van der Waals surface area contributed by atoms with Crippen molar-refractivity contribution >= 4 is 10.9 Å². The number of para-hydroxylation sites is 1. The Morgan fingerprint density at radius 2 is 1.70 bits per heavy atom. The number of benzene rings is 2. The quantitative estimate of drug-likeness (QED) is 0.711. The van der Waals surface area contributed by atoms with Crippen molar-refractivity contribution in [3.8, 4) is 17.1 Å². The number of nitrogens with one attached hydrogen (secondary N) is 1. The summed E-state index contributed by atoms with van der Waals surface area (Å²) in [7, 11) is 0. The monoisotopic (exact) mass is 268 g/mol. The van der Waals surface area contributed by atoms with Gasteiger partial charge in [0.25, 0.3) is 5.56 Å². The minimum Gasteiger partial charge on any atom is -0.506 e. The molecule has 1 heterocycles. The molecule has 1 aromatic heterocycles. The van der Waals surface area contributed by atoms with Crippen LogP contribution in [0.3, 0.4) is 0 Å². The molecule has 20 heavy (non-hydrogen) atoms. The molecule has 0 unspecified atom stereocenters. The standard InChI is InChI=1S/C14H10N2O2.C2H6/c17-11-8-4-7-10-12(11)15-13(16-14(10)18)9-5-2-1-3-6-9;1-2/h1-8,17H,(H,15,16,18);1-2H3. The summed E-state index contributed by atoms with van der Waals surface area (Å²) in [6.45, 7) is 4.00. The molecule has 0 saturated carbocycles. The molecule has 3 aromatic rings. The van der Waals surface area contributed by atoms with Crippen molar-refractivity contribution in [2.24, 2.45) is 0 Å². The summed E-state index contributed by atoms with van der Waals surface area (Å²) in [5.41, 5.74) is 0.870. The number of rotatable bonds is 1. The van der Waals surface area contributed by atoms with Gasteiger partial charge in [-0.25, -0.2) is 4.98 Å². The van der Waals surface area contributed by atoms with Gasteiger partial charge in [-0.15, -0.1) is 0 Å². The first-order valence-electron chi connectivity index (χ1n) is 6.53. The van der Waals surface area contributed by atoms with Crippen molar-refractivity contribution in [3.63, 3.8) is 0 Å². The van der Waals surface area contributed by atoms with Crippen molar-refractivity contribution in [1.29, 1.82) is 0 Å². The number of hydrogen-bond donors (Lipinski definition) is 2. The van der Waals surface area contributed by atoms with Gasteiger partial charge in [-0.1, -0.05) is 50.2 Å². The van der Waals surface area contributed by atoms with Crippen LogP contribution in [0.15, 0.2) is 53.3 Å². The van der Waals surface area contributed by atoms with Crippen LogP contribution < -0.4 is 5.56 Å². The van der Waals surface area contributed by atoms with Crippen LogP contribution in [0, 0.1) is 0 Å². The highest BCUT2D eigenvalue weighted by Gasteiger charge is 2.08. The van der Waals surface area contributed by atoms with Crippen molar-refractivity contribution in [2.45, 2.75) is 13.8 Å². The highest BCUT2D eigenvalue weighted by atomic mass is 16.3. The lowest BCUT2D eigenvalue weighted by Crippen LogP contribution is -2.09. The molecule has 4 heteroatoms. The molecule has 102 valence electrons. The van der Waals surface area contributed by atoms with E-state index in [1.165, 1.54) is 6.07 Å². The Labute approximate surface area is 116 Å². The summed E-state index contributed by atoms with van der Waals surface area (Å²) in [4.78, 5) is 18.9. The third-order valence-corrected chi connectivity index (χ3v) is 2.76. The predicted molar refractivity (Wildman–Crippen MR) is 80.8 cm³/mol. The van der Waals surface area contributed by atoms with Crippen molar-refractivity contribution < 1.29 is 5.11 Å². The van der Waals surface area contributed by atoms with Crippen molar-refractivity contribution in [1.82, 2.24) is 9.97 Å². The topological polar surface area (TPSA) is 66.0 Å². The third kappa shape index (κ3) is 2.54. The largest absolute Gasteiger partial charge is 0.506 e. The number of phenolic OH excluding ortho intramolecular Hbond substituents is 1. The zero-order valence-electron chi connectivity index (χ0n) is 11.4. The lowest BCUT2D eigenvalue weighted by molar-refractivity contribution is 0.480. The highest BCUT2D eigenvalue weighted by molar-refractivity contribution is 5.84. The van der Waals surface area contributed by atoms with Gasteiger partial charge in [-0.2, -0.15) is 0 Å². The minimum atomic E-state index is -0.255. The second kappa shape index (κ2) is 6.02. The summed E-state index contributed by atoms with van der Waals surface area (Å²) < 4.78 is 0. The third-order valence-electron chi connectivity index (χ3n) is 2.76. The molecule has 0 spiro atoms. The SMILES string of the molecule is CC.O=c1[nH]c(-c2ccccc2)nc2c(O)cccc12. The number of fused-ring (bicyclic) bond motifs is 1. The lowest BCUT2D eigenvalue weighted by atomic mass is 10.2. The maximum absolute atomic E-state index is 11.9. The van der Waals surface area contributed by atoms with Gasteiger partial charge in [0.2, 0.25) is 0 Å². The molecule has 3 rings (SSSR count). The fourth-order valence-electron chi connectivity index (χ4n) is 1.88. The summed E-state index contributed by atoms with van der Waals surface area (Å²) in [6, 6.07) is 14.1. The molecule has 0 amide bonds. The Hall–Kier alpha value is -2.62. The number of hydrogen-bond acceptors (Lipinski definition) is 3. The molecule has 0 bridgehead atoms. The molecule has 0 radical (unpaired) electrons. The molecule has 0 fully saturated rings. The Kier molecular flexibility index (Phi) is 4.15. The fraction of sp³-hybridized carbons (Fsp3) is 0.125. The number of aromatic amines is 1. The van der Waals surface area contributed by atoms with Gasteiger partial charge in [0.1, 0.15) is 17.1 Å². The van der Waals surface area contributed by atoms with Gasteiger partial charge < -0.3 is 10.1 Å². The number of aromatic nitrogens is 2. The normalized spacial score (nSPS) is 9.90. The van der Waals surface area contributed by atoms with Gasteiger partial charge in [0.15, 0.2) is 0 Å². The Morgan fingerprint density at radius 3 is 2.40 bits per heavy atom. The Balaban J connectivity index is 0.000000704. The van der Waals surface area contributed by atoms with E-state index in [0.717, 1.165) is 5.56 Å². The van der Waals surface area contributed by atoms with Crippen LogP contribution in [0.2, 0.25) is 0 Å². The van der Waals surface area contributed by atoms with Crippen LogP contribution in [0.4, 0.5) is 0 Å². The van der Waals surface area contributed by atoms with E-state index in [0.29, 0.717) is 16.7 Å². The number of H-pyrrole nitrogens is 1. The van der Waals surface area contributed by atoms with E-state index < -0.39 is 0 Å². The molecule has 0 aliphatic carbocycles. The molecule has 2 aromatic carbocycles. The smallest absolute Gasteiger partial charge is 0.259 e. The van der Waals surface area contributed by atoms with E-state index in [1.54, 1.807) is 12.1 Å².